The van der Waals surface area contributed by atoms with Gasteiger partial charge in [-0.15, -0.1) is 0 Å². The third-order valence-corrected chi connectivity index (χ3v) is 2.33. The number of hydrogen-bond donors (Lipinski definition) is 1. The van der Waals surface area contributed by atoms with E-state index in [-0.39, 0.29) is 23.4 Å². The zero-order chi connectivity index (χ0) is 22.0. The third-order valence-electron chi connectivity index (χ3n) is 2.33. The summed E-state index contributed by atoms with van der Waals surface area (Å²) in [6, 6.07) is 0. The average Bonchev–Trinajstić information content (AvgIpc) is 2.57. The maximum Gasteiger partial charge on any atom is 0.333 e. The van der Waals surface area contributed by atoms with Crippen LogP contribution < -0.4 is 5.32 Å². The minimum absolute atomic E-state index is 0.0651. The molecule has 0 atom stereocenters. The number of methoxy groups -OCH3 is 1. The predicted molar refractivity (Wildman–Crippen MR) is 107 cm³/mol. The molecule has 7 nitrogen and oxygen atoms in total. The topological polar surface area (TPSA) is 90.9 Å². The number of esters is 3. The van der Waals surface area contributed by atoms with Crippen LogP contribution in [0.4, 0.5) is 0 Å². The van der Waals surface area contributed by atoms with Crippen LogP contribution in [0.15, 0.2) is 37.0 Å². The lowest BCUT2D eigenvalue weighted by Gasteiger charge is -2.20. The fraction of sp³-hybridized carbons (Fsp3) is 0.550. The minimum Gasteiger partial charge on any atom is -0.466 e. The van der Waals surface area contributed by atoms with Gasteiger partial charge in [0.25, 0.3) is 0 Å². The largest absolute Gasteiger partial charge is 0.466 e. The highest BCUT2D eigenvalue weighted by Crippen LogP contribution is 1.97. The Morgan fingerprint density at radius 1 is 1.00 bits per heavy atom. The molecule has 0 aliphatic carbocycles. The average molecular weight is 386 g/mol. The maximum atomic E-state index is 10.9. The molecule has 0 radical (unpaired) electrons. The number of carbonyl (C=O) groups excluding carboxylic acids is 3. The van der Waals surface area contributed by atoms with E-state index in [0.29, 0.717) is 30.9 Å². The van der Waals surface area contributed by atoms with Gasteiger partial charge in [-0.1, -0.05) is 19.7 Å². The zero-order valence-corrected chi connectivity index (χ0v) is 17.8. The third kappa shape index (κ3) is 25.9. The summed E-state index contributed by atoms with van der Waals surface area (Å²) in [7, 11) is 1.33. The van der Waals surface area contributed by atoms with E-state index < -0.39 is 0 Å². The number of hydrogen-bond acceptors (Lipinski definition) is 7. The molecule has 27 heavy (non-hydrogen) atoms. The van der Waals surface area contributed by atoms with Crippen LogP contribution in [-0.2, 0) is 28.6 Å². The van der Waals surface area contributed by atoms with E-state index in [1.807, 2.05) is 0 Å². The Hall–Kier alpha value is -2.41. The molecule has 0 spiro atoms. The highest BCUT2D eigenvalue weighted by molar-refractivity contribution is 5.87. The van der Waals surface area contributed by atoms with Gasteiger partial charge in [-0.05, 0) is 41.5 Å². The summed E-state index contributed by atoms with van der Waals surface area (Å²) in [6.07, 6.45) is 1.14. The van der Waals surface area contributed by atoms with E-state index in [0.717, 1.165) is 6.08 Å². The lowest BCUT2D eigenvalue weighted by molar-refractivity contribution is -0.139. The highest BCUT2D eigenvalue weighted by atomic mass is 16.5. The quantitative estimate of drug-likeness (QED) is 0.312. The van der Waals surface area contributed by atoms with Crippen molar-refractivity contribution in [1.29, 1.82) is 0 Å². The second-order valence-electron chi connectivity index (χ2n) is 6.32. The van der Waals surface area contributed by atoms with Crippen molar-refractivity contribution < 1.29 is 28.6 Å². The van der Waals surface area contributed by atoms with E-state index in [1.54, 1.807) is 20.8 Å². The van der Waals surface area contributed by atoms with Gasteiger partial charge in [-0.3, -0.25) is 0 Å². The summed E-state index contributed by atoms with van der Waals surface area (Å²) in [6.45, 7) is 22.7. The van der Waals surface area contributed by atoms with Crippen molar-refractivity contribution >= 4 is 17.9 Å². The fourth-order valence-corrected chi connectivity index (χ4v) is 1.07. The number of nitrogens with one attached hydrogen (secondary N) is 1. The molecule has 0 fully saturated rings. The Morgan fingerprint density at radius 3 is 1.70 bits per heavy atom. The first-order valence-electron chi connectivity index (χ1n) is 8.43. The van der Waals surface area contributed by atoms with Gasteiger partial charge in [0.2, 0.25) is 0 Å². The van der Waals surface area contributed by atoms with Crippen LogP contribution in [0.25, 0.3) is 0 Å². The van der Waals surface area contributed by atoms with Crippen LogP contribution in [0, 0.1) is 0 Å². The Morgan fingerprint density at radius 2 is 1.48 bits per heavy atom. The van der Waals surface area contributed by atoms with E-state index in [2.05, 4.69) is 55.3 Å². The summed E-state index contributed by atoms with van der Waals surface area (Å²) in [5, 5.41) is 3.21. The van der Waals surface area contributed by atoms with Crippen molar-refractivity contribution in [2.24, 2.45) is 0 Å². The monoisotopic (exact) mass is 385 g/mol. The van der Waals surface area contributed by atoms with Crippen molar-refractivity contribution in [3.05, 3.63) is 37.0 Å². The lowest BCUT2D eigenvalue weighted by atomic mass is 10.1. The molecule has 0 aromatic rings. The molecular weight excluding hydrogens is 350 g/mol. The summed E-state index contributed by atoms with van der Waals surface area (Å²) in [5.74, 6) is -1.03. The van der Waals surface area contributed by atoms with Gasteiger partial charge >= 0.3 is 17.9 Å². The highest BCUT2D eigenvalue weighted by Gasteiger charge is 2.08. The number of carbonyl (C=O) groups is 3. The Kier molecular flexibility index (Phi) is 18.5. The lowest BCUT2D eigenvalue weighted by Crippen LogP contribution is -2.38. The van der Waals surface area contributed by atoms with Gasteiger partial charge < -0.3 is 19.5 Å². The van der Waals surface area contributed by atoms with Gasteiger partial charge in [0, 0.05) is 29.3 Å². The first kappa shape index (κ1) is 29.4. The summed E-state index contributed by atoms with van der Waals surface area (Å²) >= 11 is 0. The number of rotatable bonds is 7. The van der Waals surface area contributed by atoms with Crippen molar-refractivity contribution in [3.63, 3.8) is 0 Å². The Labute approximate surface area is 163 Å². The van der Waals surface area contributed by atoms with Crippen molar-refractivity contribution in [3.8, 4) is 0 Å². The van der Waals surface area contributed by atoms with E-state index in [9.17, 15) is 14.4 Å². The molecule has 0 unspecified atom stereocenters. The molecule has 1 N–H and O–H groups in total. The maximum absolute atomic E-state index is 10.9. The van der Waals surface area contributed by atoms with Gasteiger partial charge in [0.1, 0.15) is 6.61 Å². The molecule has 0 amide bonds. The van der Waals surface area contributed by atoms with Crippen molar-refractivity contribution in [1.82, 2.24) is 5.32 Å². The van der Waals surface area contributed by atoms with Crippen molar-refractivity contribution in [2.75, 3.05) is 26.9 Å². The zero-order valence-electron chi connectivity index (χ0n) is 17.8. The van der Waals surface area contributed by atoms with E-state index in [1.165, 1.54) is 7.11 Å². The molecule has 0 heterocycles. The molecule has 0 rings (SSSR count). The second kappa shape index (κ2) is 17.0. The first-order chi connectivity index (χ1) is 12.3. The molecule has 0 bridgehead atoms. The molecule has 0 aliphatic heterocycles. The van der Waals surface area contributed by atoms with Crippen molar-refractivity contribution in [2.45, 2.75) is 47.1 Å². The van der Waals surface area contributed by atoms with Crippen LogP contribution in [0.1, 0.15) is 41.5 Å². The molecule has 0 aromatic heterocycles. The van der Waals surface area contributed by atoms with Crippen LogP contribution in [0.3, 0.4) is 0 Å². The fourth-order valence-electron chi connectivity index (χ4n) is 1.07. The molecule has 0 saturated heterocycles. The molecule has 156 valence electrons. The molecule has 0 saturated carbocycles. The molecule has 7 heteroatoms. The summed E-state index contributed by atoms with van der Waals surface area (Å²) < 4.78 is 13.6. The second-order valence-corrected chi connectivity index (χ2v) is 6.32. The van der Waals surface area contributed by atoms with Crippen LogP contribution in [-0.4, -0.2) is 50.3 Å². The Bertz CT molecular complexity index is 501. The van der Waals surface area contributed by atoms with Gasteiger partial charge in [-0.2, -0.15) is 0 Å². The van der Waals surface area contributed by atoms with Crippen LogP contribution >= 0.6 is 0 Å². The predicted octanol–water partition coefficient (Wildman–Crippen LogP) is 2.96. The smallest absolute Gasteiger partial charge is 0.333 e. The number of ether oxygens (including phenoxy) is 3. The first-order valence-corrected chi connectivity index (χ1v) is 8.43. The summed E-state index contributed by atoms with van der Waals surface area (Å²) in [4.78, 5) is 31.2. The SMILES string of the molecule is C=C(C)C(=O)OC.C=C(C)C(=O)OCCNC(C)(C)C.C=CC(=O)OCC. The van der Waals surface area contributed by atoms with E-state index >= 15 is 0 Å². The van der Waals surface area contributed by atoms with E-state index in [4.69, 9.17) is 4.74 Å². The van der Waals surface area contributed by atoms with Crippen LogP contribution in [0.5, 0.6) is 0 Å². The van der Waals surface area contributed by atoms with Gasteiger partial charge in [0.05, 0.1) is 13.7 Å². The molecule has 0 aliphatic rings. The normalized spacial score (nSPS) is 9.30. The standard InChI is InChI=1S/C10H19NO2.2C5H8O2/c1-8(2)9(12)13-7-6-11-10(3,4)5;1-4(2)5(6)7-3;1-3-5(6)7-4-2/h11H,1,6-7H2,2-5H3;1H2,2-3H3;3H,1,4H2,2H3. The van der Waals surface area contributed by atoms with Crippen LogP contribution in [0.2, 0.25) is 0 Å². The van der Waals surface area contributed by atoms with Gasteiger partial charge in [0.15, 0.2) is 0 Å². The summed E-state index contributed by atoms with van der Waals surface area (Å²) in [5.41, 5.74) is 0.938. The Balaban J connectivity index is -0.000000350. The molecular formula is C20H35NO6. The molecule has 0 aromatic carbocycles. The minimum atomic E-state index is -0.359. The van der Waals surface area contributed by atoms with Gasteiger partial charge in [-0.25, -0.2) is 14.4 Å².